The number of anilines is 2. The molecule has 1 aromatic carbocycles. The minimum absolute atomic E-state index is 0.00380. The van der Waals surface area contributed by atoms with Crippen LogP contribution < -0.4 is 10.2 Å². The van der Waals surface area contributed by atoms with Crippen LogP contribution in [0, 0.1) is 11.3 Å². The van der Waals surface area contributed by atoms with Gasteiger partial charge in [-0.1, -0.05) is 6.92 Å². The summed E-state index contributed by atoms with van der Waals surface area (Å²) < 4.78 is 0. The third-order valence-corrected chi connectivity index (χ3v) is 4.72. The molecule has 3 rings (SSSR count). The number of nitriles is 1. The second-order valence-electron chi connectivity index (χ2n) is 6.58. The van der Waals surface area contributed by atoms with Crippen molar-refractivity contribution >= 4 is 17.3 Å². The number of nitrogens with zero attached hydrogens (tertiary/aromatic N) is 4. The van der Waals surface area contributed by atoms with Gasteiger partial charge in [-0.2, -0.15) is 5.26 Å². The second-order valence-corrected chi connectivity index (χ2v) is 6.58. The third-order valence-electron chi connectivity index (χ3n) is 4.72. The van der Waals surface area contributed by atoms with Crippen LogP contribution in [0.25, 0.3) is 0 Å². The van der Waals surface area contributed by atoms with Gasteiger partial charge in [-0.3, -0.25) is 4.79 Å². The number of benzene rings is 1. The van der Waals surface area contributed by atoms with Crippen LogP contribution in [0.4, 0.5) is 11.5 Å². The molecule has 2 aromatic rings. The lowest BCUT2D eigenvalue weighted by Crippen LogP contribution is -2.42. The average molecular weight is 349 g/mol. The molecule has 0 saturated carbocycles. The topological polar surface area (TPSA) is 81.9 Å². The minimum atomic E-state index is -0.00380. The van der Waals surface area contributed by atoms with Crippen molar-refractivity contribution in [3.05, 3.63) is 47.4 Å². The molecule has 26 heavy (non-hydrogen) atoms. The predicted octanol–water partition coefficient (Wildman–Crippen LogP) is 3.19. The highest BCUT2D eigenvalue weighted by molar-refractivity contribution is 5.95. The van der Waals surface area contributed by atoms with E-state index in [1.807, 2.05) is 6.07 Å². The molecule has 6 nitrogen and oxygen atoms in total. The van der Waals surface area contributed by atoms with Crippen molar-refractivity contribution in [1.29, 1.82) is 5.26 Å². The summed E-state index contributed by atoms with van der Waals surface area (Å²) in [5.41, 5.74) is 2.93. The molecule has 2 heterocycles. The van der Waals surface area contributed by atoms with Gasteiger partial charge in [0.25, 0.3) is 0 Å². The monoisotopic (exact) mass is 349 g/mol. The number of nitrogens with one attached hydrogen (secondary N) is 1. The number of Topliss-reactive ketones (excluding diaryl/α,β-unsaturated/α-hetero) is 1. The second kappa shape index (κ2) is 7.96. The molecule has 1 saturated heterocycles. The highest BCUT2D eigenvalue weighted by atomic mass is 16.1. The van der Waals surface area contributed by atoms with Crippen molar-refractivity contribution in [3.8, 4) is 6.07 Å². The first-order valence-corrected chi connectivity index (χ1v) is 8.98. The molecule has 0 bridgehead atoms. The van der Waals surface area contributed by atoms with Gasteiger partial charge in [0.05, 0.1) is 11.3 Å². The Bertz CT molecular complexity index is 842. The number of hydrogen-bond donors (Lipinski definition) is 1. The van der Waals surface area contributed by atoms with E-state index in [4.69, 9.17) is 0 Å². The van der Waals surface area contributed by atoms with Crippen molar-refractivity contribution in [2.75, 3.05) is 23.3 Å². The zero-order valence-corrected chi connectivity index (χ0v) is 15.2. The number of aromatic nitrogens is 2. The zero-order chi connectivity index (χ0) is 18.5. The molecule has 6 heteroatoms. The van der Waals surface area contributed by atoms with E-state index in [2.05, 4.69) is 33.2 Å². The van der Waals surface area contributed by atoms with E-state index in [0.717, 1.165) is 49.6 Å². The van der Waals surface area contributed by atoms with Crippen LogP contribution in [0.2, 0.25) is 0 Å². The Morgan fingerprint density at radius 2 is 2.23 bits per heavy atom. The first-order valence-electron chi connectivity index (χ1n) is 8.98. The quantitative estimate of drug-likeness (QED) is 0.835. The maximum atomic E-state index is 11.7. The fourth-order valence-electron chi connectivity index (χ4n) is 3.26. The predicted molar refractivity (Wildman–Crippen MR) is 101 cm³/mol. The van der Waals surface area contributed by atoms with Crippen LogP contribution in [0.3, 0.4) is 0 Å². The van der Waals surface area contributed by atoms with Gasteiger partial charge < -0.3 is 10.2 Å². The van der Waals surface area contributed by atoms with E-state index in [1.54, 1.807) is 24.5 Å². The van der Waals surface area contributed by atoms with E-state index in [9.17, 15) is 10.1 Å². The van der Waals surface area contributed by atoms with Gasteiger partial charge in [-0.15, -0.1) is 0 Å². The van der Waals surface area contributed by atoms with Crippen LogP contribution >= 0.6 is 0 Å². The fraction of sp³-hybridized carbons (Fsp3) is 0.400. The Balaban J connectivity index is 1.77. The summed E-state index contributed by atoms with van der Waals surface area (Å²) in [7, 11) is 0. The van der Waals surface area contributed by atoms with Gasteiger partial charge in [-0.25, -0.2) is 9.97 Å². The molecule has 0 aliphatic carbocycles. The van der Waals surface area contributed by atoms with Crippen LogP contribution in [0.1, 0.15) is 48.3 Å². The zero-order valence-electron chi connectivity index (χ0n) is 15.2. The summed E-state index contributed by atoms with van der Waals surface area (Å²) in [5.74, 6) is 0.942. The van der Waals surface area contributed by atoms with Crippen molar-refractivity contribution in [2.45, 2.75) is 39.2 Å². The number of aryl methyl sites for hydroxylation is 1. The average Bonchev–Trinajstić information content (AvgIpc) is 2.68. The van der Waals surface area contributed by atoms with Crippen molar-refractivity contribution in [3.63, 3.8) is 0 Å². The van der Waals surface area contributed by atoms with Gasteiger partial charge in [0, 0.05) is 36.5 Å². The maximum Gasteiger partial charge on any atom is 0.159 e. The molecule has 1 aliphatic rings. The standard InChI is InChI=1S/C20H23N5O/c1-3-17-10-20(23-13-22-17)25-8-4-5-18(12-25)24-19-9-15(14(2)26)6-7-16(19)11-21/h6-7,9-10,13,18,24H,3-5,8,12H2,1-2H3. The fourth-order valence-corrected chi connectivity index (χ4v) is 3.26. The first kappa shape index (κ1) is 17.9. The molecule has 1 aliphatic heterocycles. The molecule has 0 spiro atoms. The molecule has 1 aromatic heterocycles. The number of carbonyl (C=O) groups is 1. The number of piperidine rings is 1. The highest BCUT2D eigenvalue weighted by Gasteiger charge is 2.22. The Labute approximate surface area is 153 Å². The molecule has 134 valence electrons. The van der Waals surface area contributed by atoms with Gasteiger partial charge in [0.1, 0.15) is 18.2 Å². The SMILES string of the molecule is CCc1cc(N2CCCC(Nc3cc(C(C)=O)ccc3C#N)C2)ncn1. The summed E-state index contributed by atoms with van der Waals surface area (Å²) in [6.07, 6.45) is 4.55. The van der Waals surface area contributed by atoms with Gasteiger partial charge in [0.15, 0.2) is 5.78 Å². The Hall–Kier alpha value is -2.94. The number of hydrogen-bond acceptors (Lipinski definition) is 6. The third kappa shape index (κ3) is 3.99. The molecular formula is C20H23N5O. The van der Waals surface area contributed by atoms with Crippen LogP contribution in [0.5, 0.6) is 0 Å². The van der Waals surface area contributed by atoms with Gasteiger partial charge in [0.2, 0.25) is 0 Å². The van der Waals surface area contributed by atoms with Crippen LogP contribution in [-0.4, -0.2) is 34.9 Å². The molecule has 1 fully saturated rings. The normalized spacial score (nSPS) is 16.8. The van der Waals surface area contributed by atoms with Gasteiger partial charge >= 0.3 is 0 Å². The van der Waals surface area contributed by atoms with Crippen molar-refractivity contribution in [2.24, 2.45) is 0 Å². The molecule has 1 N–H and O–H groups in total. The maximum absolute atomic E-state index is 11.7. The number of carbonyl (C=O) groups excluding carboxylic acids is 1. The summed E-state index contributed by atoms with van der Waals surface area (Å²) in [6, 6.07) is 9.62. The van der Waals surface area contributed by atoms with E-state index in [-0.39, 0.29) is 11.8 Å². The number of rotatable bonds is 5. The van der Waals surface area contributed by atoms with Crippen LogP contribution in [0.15, 0.2) is 30.6 Å². The Morgan fingerprint density at radius 1 is 1.38 bits per heavy atom. The number of ketones is 1. The Morgan fingerprint density at radius 3 is 2.96 bits per heavy atom. The van der Waals surface area contributed by atoms with Crippen LogP contribution in [-0.2, 0) is 6.42 Å². The molecular weight excluding hydrogens is 326 g/mol. The van der Waals surface area contributed by atoms with Crippen molar-refractivity contribution < 1.29 is 4.79 Å². The lowest BCUT2D eigenvalue weighted by molar-refractivity contribution is 0.101. The first-order chi connectivity index (χ1) is 12.6. The van der Waals surface area contributed by atoms with E-state index >= 15 is 0 Å². The Kier molecular flexibility index (Phi) is 5.47. The van der Waals surface area contributed by atoms with Gasteiger partial charge in [-0.05, 0) is 44.4 Å². The molecule has 0 amide bonds. The summed E-state index contributed by atoms with van der Waals surface area (Å²) >= 11 is 0. The summed E-state index contributed by atoms with van der Waals surface area (Å²) in [6.45, 7) is 5.37. The molecule has 1 atom stereocenters. The summed E-state index contributed by atoms with van der Waals surface area (Å²) in [5, 5.41) is 12.8. The molecule has 0 radical (unpaired) electrons. The highest BCUT2D eigenvalue weighted by Crippen LogP contribution is 2.24. The largest absolute Gasteiger partial charge is 0.379 e. The molecule has 1 unspecified atom stereocenters. The summed E-state index contributed by atoms with van der Waals surface area (Å²) in [4.78, 5) is 22.6. The lowest BCUT2D eigenvalue weighted by atomic mass is 10.0. The van der Waals surface area contributed by atoms with E-state index < -0.39 is 0 Å². The van der Waals surface area contributed by atoms with E-state index in [1.165, 1.54) is 6.92 Å². The van der Waals surface area contributed by atoms with E-state index in [0.29, 0.717) is 11.1 Å². The minimum Gasteiger partial charge on any atom is -0.379 e. The lowest BCUT2D eigenvalue weighted by Gasteiger charge is -2.34. The van der Waals surface area contributed by atoms with Crippen molar-refractivity contribution in [1.82, 2.24) is 9.97 Å². The smallest absolute Gasteiger partial charge is 0.159 e.